The van der Waals surface area contributed by atoms with Gasteiger partial charge < -0.3 is 14.2 Å². The topological polar surface area (TPSA) is 39.9 Å². The van der Waals surface area contributed by atoms with Crippen molar-refractivity contribution < 1.29 is 9.21 Å². The highest BCUT2D eigenvalue weighted by atomic mass is 79.9. The van der Waals surface area contributed by atoms with Crippen LogP contribution in [-0.4, -0.2) is 65.9 Å². The third-order valence-corrected chi connectivity index (χ3v) is 6.95. The van der Waals surface area contributed by atoms with E-state index in [-0.39, 0.29) is 0 Å². The Labute approximate surface area is 171 Å². The number of likely N-dealkylation sites (tertiary alicyclic amines) is 2. The molecule has 6 heteroatoms. The molecule has 5 nitrogen and oxygen atoms in total. The van der Waals surface area contributed by atoms with Crippen LogP contribution in [0.1, 0.15) is 50.7 Å². The van der Waals surface area contributed by atoms with Gasteiger partial charge in [-0.05, 0) is 86.2 Å². The smallest absolute Gasteiger partial charge is 0.226 e. The first-order chi connectivity index (χ1) is 13.2. The summed E-state index contributed by atoms with van der Waals surface area (Å²) in [5, 5.41) is 0. The van der Waals surface area contributed by atoms with Crippen LogP contribution in [0.4, 0.5) is 0 Å². The van der Waals surface area contributed by atoms with E-state index in [4.69, 9.17) is 4.42 Å². The summed E-state index contributed by atoms with van der Waals surface area (Å²) in [6.45, 7) is 7.24. The molecular formula is C21H32BrN3O2. The second-order valence-corrected chi connectivity index (χ2v) is 9.23. The average Bonchev–Trinajstić information content (AvgIpc) is 3.26. The largest absolute Gasteiger partial charge is 0.453 e. The molecule has 1 aliphatic carbocycles. The molecule has 0 radical (unpaired) electrons. The average molecular weight is 438 g/mol. The molecule has 1 unspecified atom stereocenters. The Morgan fingerprint density at radius 2 is 1.85 bits per heavy atom. The van der Waals surface area contributed by atoms with Gasteiger partial charge in [-0.2, -0.15) is 0 Å². The molecule has 4 rings (SSSR count). The highest BCUT2D eigenvalue weighted by Gasteiger charge is 2.35. The highest BCUT2D eigenvalue weighted by Crippen LogP contribution is 2.30. The molecule has 0 N–H and O–H groups in total. The Morgan fingerprint density at radius 1 is 1.07 bits per heavy atom. The molecule has 1 aromatic rings. The minimum absolute atomic E-state index is 0.292. The number of halogens is 1. The fourth-order valence-electron chi connectivity index (χ4n) is 4.70. The van der Waals surface area contributed by atoms with Crippen LogP contribution < -0.4 is 0 Å². The van der Waals surface area contributed by atoms with Crippen LogP contribution in [0.3, 0.4) is 0 Å². The van der Waals surface area contributed by atoms with E-state index in [1.165, 1.54) is 32.4 Å². The summed E-state index contributed by atoms with van der Waals surface area (Å²) in [4.78, 5) is 20.4. The number of hydrogen-bond donors (Lipinski definition) is 0. The van der Waals surface area contributed by atoms with Gasteiger partial charge in [-0.1, -0.05) is 6.42 Å². The van der Waals surface area contributed by atoms with Crippen LogP contribution in [0.25, 0.3) is 0 Å². The van der Waals surface area contributed by atoms with Crippen LogP contribution in [-0.2, 0) is 11.3 Å². The summed E-state index contributed by atoms with van der Waals surface area (Å²) < 4.78 is 6.49. The fourth-order valence-corrected chi connectivity index (χ4v) is 5.04. The molecule has 150 valence electrons. The summed E-state index contributed by atoms with van der Waals surface area (Å²) in [5.74, 6) is 1.71. The lowest BCUT2D eigenvalue weighted by Crippen LogP contribution is -2.54. The van der Waals surface area contributed by atoms with Crippen LogP contribution in [0.15, 0.2) is 21.2 Å². The van der Waals surface area contributed by atoms with Crippen LogP contribution >= 0.6 is 15.9 Å². The van der Waals surface area contributed by atoms with Crippen molar-refractivity contribution in [2.75, 3.05) is 39.3 Å². The summed E-state index contributed by atoms with van der Waals surface area (Å²) in [5.41, 5.74) is 0. The van der Waals surface area contributed by atoms with Gasteiger partial charge in [0, 0.05) is 31.6 Å². The first-order valence-corrected chi connectivity index (χ1v) is 11.5. The minimum atomic E-state index is 0.292. The van der Waals surface area contributed by atoms with E-state index >= 15 is 0 Å². The summed E-state index contributed by atoms with van der Waals surface area (Å²) >= 11 is 3.39. The van der Waals surface area contributed by atoms with E-state index in [0.29, 0.717) is 17.9 Å². The summed E-state index contributed by atoms with van der Waals surface area (Å²) in [6.07, 6.45) is 8.33. The number of carbonyl (C=O) groups excluding carboxylic acids is 1. The molecular weight excluding hydrogens is 406 g/mol. The normalized spacial score (nSPS) is 24.9. The lowest BCUT2D eigenvalue weighted by Gasteiger charge is -2.42. The van der Waals surface area contributed by atoms with Gasteiger partial charge >= 0.3 is 0 Å². The Morgan fingerprint density at radius 3 is 2.52 bits per heavy atom. The van der Waals surface area contributed by atoms with E-state index in [1.54, 1.807) is 0 Å². The van der Waals surface area contributed by atoms with Gasteiger partial charge in [-0.15, -0.1) is 0 Å². The van der Waals surface area contributed by atoms with Gasteiger partial charge in [0.2, 0.25) is 5.91 Å². The number of amides is 1. The molecule has 0 spiro atoms. The first kappa shape index (κ1) is 19.5. The molecule has 1 amide bonds. The molecule has 2 saturated heterocycles. The highest BCUT2D eigenvalue weighted by molar-refractivity contribution is 9.10. The minimum Gasteiger partial charge on any atom is -0.453 e. The predicted molar refractivity (Wildman–Crippen MR) is 109 cm³/mol. The van der Waals surface area contributed by atoms with Gasteiger partial charge in [-0.25, -0.2) is 0 Å². The Kier molecular flexibility index (Phi) is 6.56. The molecule has 0 aromatic carbocycles. The summed E-state index contributed by atoms with van der Waals surface area (Å²) in [7, 11) is 0. The lowest BCUT2D eigenvalue weighted by molar-refractivity contribution is -0.142. The van der Waals surface area contributed by atoms with Crippen molar-refractivity contribution in [3.05, 3.63) is 22.6 Å². The van der Waals surface area contributed by atoms with Gasteiger partial charge in [0.1, 0.15) is 5.76 Å². The molecule has 3 fully saturated rings. The molecule has 0 bridgehead atoms. The number of piperidine rings is 1. The van der Waals surface area contributed by atoms with Gasteiger partial charge in [0.05, 0.1) is 6.54 Å². The van der Waals surface area contributed by atoms with Crippen LogP contribution in [0.5, 0.6) is 0 Å². The molecule has 2 aliphatic heterocycles. The van der Waals surface area contributed by atoms with E-state index < -0.39 is 0 Å². The van der Waals surface area contributed by atoms with E-state index in [9.17, 15) is 4.79 Å². The first-order valence-electron chi connectivity index (χ1n) is 10.7. The maximum Gasteiger partial charge on any atom is 0.226 e. The Balaban J connectivity index is 1.38. The van der Waals surface area contributed by atoms with Crippen molar-refractivity contribution in [3.8, 4) is 0 Å². The van der Waals surface area contributed by atoms with Gasteiger partial charge in [0.15, 0.2) is 4.67 Å². The van der Waals surface area contributed by atoms with Gasteiger partial charge in [0.25, 0.3) is 0 Å². The Bertz CT molecular complexity index is 625. The molecule has 3 heterocycles. The van der Waals surface area contributed by atoms with Crippen LogP contribution in [0, 0.1) is 5.92 Å². The fraction of sp³-hybridized carbons (Fsp3) is 0.762. The van der Waals surface area contributed by atoms with E-state index in [0.717, 1.165) is 68.8 Å². The van der Waals surface area contributed by atoms with Crippen molar-refractivity contribution in [2.45, 2.75) is 57.5 Å². The lowest BCUT2D eigenvalue weighted by atomic mass is 9.83. The number of rotatable bonds is 7. The SMILES string of the molecule is O=C(C1CCC1)N(CCN1CCCC1)C1CCCN(Cc2ccc(Br)o2)C1. The zero-order chi connectivity index (χ0) is 18.6. The molecule has 27 heavy (non-hydrogen) atoms. The number of carbonyl (C=O) groups is 1. The van der Waals surface area contributed by atoms with E-state index in [1.807, 2.05) is 12.1 Å². The van der Waals surface area contributed by atoms with Crippen molar-refractivity contribution in [3.63, 3.8) is 0 Å². The monoisotopic (exact) mass is 437 g/mol. The second-order valence-electron chi connectivity index (χ2n) is 8.45. The van der Waals surface area contributed by atoms with Crippen molar-refractivity contribution >= 4 is 21.8 Å². The predicted octanol–water partition coefficient (Wildman–Crippen LogP) is 3.73. The van der Waals surface area contributed by atoms with Crippen molar-refractivity contribution in [2.24, 2.45) is 5.92 Å². The third kappa shape index (κ3) is 4.96. The number of hydrogen-bond acceptors (Lipinski definition) is 4. The zero-order valence-corrected chi connectivity index (χ0v) is 17.8. The third-order valence-electron chi connectivity index (χ3n) is 6.52. The molecule has 1 atom stereocenters. The van der Waals surface area contributed by atoms with Crippen molar-refractivity contribution in [1.82, 2.24) is 14.7 Å². The van der Waals surface area contributed by atoms with E-state index in [2.05, 4.69) is 30.6 Å². The zero-order valence-electron chi connectivity index (χ0n) is 16.2. The maximum atomic E-state index is 13.2. The molecule has 3 aliphatic rings. The second kappa shape index (κ2) is 9.10. The molecule has 1 aromatic heterocycles. The van der Waals surface area contributed by atoms with Crippen molar-refractivity contribution in [1.29, 1.82) is 0 Å². The van der Waals surface area contributed by atoms with Crippen LogP contribution in [0.2, 0.25) is 0 Å². The molecule has 1 saturated carbocycles. The number of furan rings is 1. The standard InChI is InChI=1S/C21H32BrN3O2/c22-20-9-8-19(27-20)16-24-12-4-7-18(15-24)25(21(26)17-5-3-6-17)14-13-23-10-1-2-11-23/h8-9,17-18H,1-7,10-16H2. The summed E-state index contributed by atoms with van der Waals surface area (Å²) in [6, 6.07) is 4.35. The maximum absolute atomic E-state index is 13.2. The number of nitrogens with zero attached hydrogens (tertiary/aromatic N) is 3. The Hall–Kier alpha value is -0.850. The quantitative estimate of drug-likeness (QED) is 0.651. The van der Waals surface area contributed by atoms with Gasteiger partial charge in [-0.3, -0.25) is 9.69 Å².